The number of ether oxygens (including phenoxy) is 3. The Kier molecular flexibility index (Phi) is 7.90. The second-order valence-electron chi connectivity index (χ2n) is 9.29. The number of rotatable bonds is 8. The fourth-order valence-corrected chi connectivity index (χ4v) is 6.23. The molecule has 1 saturated heterocycles. The predicted molar refractivity (Wildman–Crippen MR) is 147 cm³/mol. The second kappa shape index (κ2) is 11.5. The Hall–Kier alpha value is -3.50. The highest BCUT2D eigenvalue weighted by atomic mass is 32.2. The lowest BCUT2D eigenvalue weighted by atomic mass is 9.98. The van der Waals surface area contributed by atoms with Crippen LogP contribution < -0.4 is 19.7 Å². The van der Waals surface area contributed by atoms with Crippen LogP contribution in [0.5, 0.6) is 11.5 Å². The first-order valence-corrected chi connectivity index (χ1v) is 13.7. The zero-order valence-corrected chi connectivity index (χ0v) is 22.6. The Labute approximate surface area is 226 Å². The van der Waals surface area contributed by atoms with Gasteiger partial charge in [-0.2, -0.15) is 5.10 Å². The number of hydrogen-bond acceptors (Lipinski definition) is 7. The number of benzene rings is 2. The standard InChI is InChI=1S/C28H32N4O5S/c1-31-28-25(26(30-31)18-8-5-4-6-9-18)27(21-14-19(35-2)11-12-22(21)36-3)38-17-24(34)32(28)16-23(33)29-15-20-10-7-13-37-20/h4-6,8-9,11-12,14,20,27H,7,10,13,15-17H2,1-3H3,(H,29,33)/t20-,27+/m0/s1. The van der Waals surface area contributed by atoms with E-state index < -0.39 is 0 Å². The van der Waals surface area contributed by atoms with Crippen molar-refractivity contribution in [3.63, 3.8) is 0 Å². The molecule has 1 aromatic heterocycles. The molecule has 0 radical (unpaired) electrons. The number of thioether (sulfide) groups is 1. The molecule has 5 rings (SSSR count). The number of aromatic nitrogens is 2. The van der Waals surface area contributed by atoms with Crippen LogP contribution in [0.15, 0.2) is 48.5 Å². The van der Waals surface area contributed by atoms with Crippen LogP contribution in [-0.4, -0.2) is 67.4 Å². The van der Waals surface area contributed by atoms with Gasteiger partial charge in [0.15, 0.2) is 0 Å². The summed E-state index contributed by atoms with van der Waals surface area (Å²) in [7, 11) is 5.06. The highest BCUT2D eigenvalue weighted by Crippen LogP contribution is 2.50. The molecule has 3 aromatic rings. The number of carbonyl (C=O) groups is 2. The Balaban J connectivity index is 1.59. The number of methoxy groups -OCH3 is 2. The van der Waals surface area contributed by atoms with Gasteiger partial charge in [0.05, 0.1) is 37.0 Å². The fourth-order valence-electron chi connectivity index (χ4n) is 5.02. The molecular weight excluding hydrogens is 504 g/mol. The molecule has 2 amide bonds. The van der Waals surface area contributed by atoms with Gasteiger partial charge in [0.2, 0.25) is 11.8 Å². The van der Waals surface area contributed by atoms with E-state index in [1.54, 1.807) is 23.8 Å². The van der Waals surface area contributed by atoms with Gasteiger partial charge in [-0.1, -0.05) is 30.3 Å². The summed E-state index contributed by atoms with van der Waals surface area (Å²) in [5.41, 5.74) is 3.41. The summed E-state index contributed by atoms with van der Waals surface area (Å²) in [4.78, 5) is 28.1. The number of carbonyl (C=O) groups excluding carboxylic acids is 2. The van der Waals surface area contributed by atoms with Crippen LogP contribution in [0.3, 0.4) is 0 Å². The van der Waals surface area contributed by atoms with E-state index in [2.05, 4.69) is 5.32 Å². The molecule has 1 N–H and O–H groups in total. The van der Waals surface area contributed by atoms with E-state index in [0.717, 1.165) is 41.8 Å². The first kappa shape index (κ1) is 26.1. The summed E-state index contributed by atoms with van der Waals surface area (Å²) >= 11 is 1.49. The molecule has 200 valence electrons. The molecule has 1 fully saturated rings. The summed E-state index contributed by atoms with van der Waals surface area (Å²) < 4.78 is 18.6. The molecule has 2 atom stereocenters. The average molecular weight is 537 g/mol. The third-order valence-electron chi connectivity index (χ3n) is 6.86. The molecule has 0 aliphatic carbocycles. The van der Waals surface area contributed by atoms with Gasteiger partial charge < -0.3 is 19.5 Å². The number of aryl methyl sites for hydroxylation is 1. The maximum atomic E-state index is 13.5. The normalized spacial score (nSPS) is 19.1. The Morgan fingerprint density at radius 1 is 1.18 bits per heavy atom. The van der Waals surface area contributed by atoms with Crippen molar-refractivity contribution in [2.45, 2.75) is 24.2 Å². The van der Waals surface area contributed by atoms with Crippen LogP contribution in [0.1, 0.15) is 29.2 Å². The first-order valence-electron chi connectivity index (χ1n) is 12.6. The number of anilines is 1. The quantitative estimate of drug-likeness (QED) is 0.470. The summed E-state index contributed by atoms with van der Waals surface area (Å²) in [6, 6.07) is 15.5. The molecule has 0 unspecified atom stereocenters. The van der Waals surface area contributed by atoms with Gasteiger partial charge in [-0.3, -0.25) is 19.2 Å². The van der Waals surface area contributed by atoms with Gasteiger partial charge in [-0.05, 0) is 31.0 Å². The lowest BCUT2D eigenvalue weighted by molar-refractivity contribution is -0.123. The van der Waals surface area contributed by atoms with Crippen molar-refractivity contribution in [2.75, 3.05) is 44.6 Å². The molecule has 38 heavy (non-hydrogen) atoms. The summed E-state index contributed by atoms with van der Waals surface area (Å²) in [5, 5.41) is 7.52. The molecule has 2 aliphatic heterocycles. The second-order valence-corrected chi connectivity index (χ2v) is 10.4. The highest BCUT2D eigenvalue weighted by Gasteiger charge is 2.38. The topological polar surface area (TPSA) is 94.9 Å². The number of amides is 2. The first-order chi connectivity index (χ1) is 18.5. The number of nitrogens with one attached hydrogen (secondary N) is 1. The van der Waals surface area contributed by atoms with Crippen LogP contribution in [0, 0.1) is 0 Å². The van der Waals surface area contributed by atoms with Gasteiger partial charge in [-0.25, -0.2) is 0 Å². The van der Waals surface area contributed by atoms with E-state index in [9.17, 15) is 9.59 Å². The highest BCUT2D eigenvalue weighted by molar-refractivity contribution is 8.00. The van der Waals surface area contributed by atoms with E-state index >= 15 is 0 Å². The average Bonchev–Trinajstić information content (AvgIpc) is 3.55. The molecule has 0 spiro atoms. The Bertz CT molecular complexity index is 1310. The number of fused-ring (bicyclic) bond motifs is 1. The van der Waals surface area contributed by atoms with E-state index in [4.69, 9.17) is 19.3 Å². The monoisotopic (exact) mass is 536 g/mol. The van der Waals surface area contributed by atoms with Crippen molar-refractivity contribution >= 4 is 29.4 Å². The van der Waals surface area contributed by atoms with Gasteiger partial charge in [0.25, 0.3) is 0 Å². The Morgan fingerprint density at radius 2 is 2.00 bits per heavy atom. The largest absolute Gasteiger partial charge is 0.497 e. The van der Waals surface area contributed by atoms with Gasteiger partial charge in [0, 0.05) is 36.9 Å². The smallest absolute Gasteiger partial charge is 0.240 e. The minimum absolute atomic E-state index is 0.0243. The van der Waals surface area contributed by atoms with Crippen LogP contribution in [0.2, 0.25) is 0 Å². The summed E-state index contributed by atoms with van der Waals surface area (Å²) in [6.07, 6.45) is 1.95. The summed E-state index contributed by atoms with van der Waals surface area (Å²) in [6.45, 7) is 1.06. The molecule has 2 aliphatic rings. The maximum absolute atomic E-state index is 13.5. The van der Waals surface area contributed by atoms with Gasteiger partial charge in [0.1, 0.15) is 23.9 Å². The van der Waals surface area contributed by atoms with Crippen molar-refractivity contribution in [3.05, 3.63) is 59.7 Å². The molecule has 2 aromatic carbocycles. The van der Waals surface area contributed by atoms with Crippen LogP contribution in [0.25, 0.3) is 11.3 Å². The van der Waals surface area contributed by atoms with E-state index in [1.165, 1.54) is 11.8 Å². The summed E-state index contributed by atoms with van der Waals surface area (Å²) in [5.74, 6) is 1.77. The zero-order chi connectivity index (χ0) is 26.6. The van der Waals surface area contributed by atoms with Crippen LogP contribution in [0.4, 0.5) is 5.82 Å². The van der Waals surface area contributed by atoms with Crippen molar-refractivity contribution in [3.8, 4) is 22.8 Å². The SMILES string of the molecule is COc1ccc(OC)c([C@H]2SCC(=O)N(CC(=O)NC[C@@H]3CCCO3)c3c2c(-c2ccccc2)nn3C)c1. The molecule has 0 bridgehead atoms. The van der Waals surface area contributed by atoms with Crippen molar-refractivity contribution in [1.29, 1.82) is 0 Å². The van der Waals surface area contributed by atoms with Gasteiger partial charge >= 0.3 is 0 Å². The van der Waals surface area contributed by atoms with Crippen molar-refractivity contribution in [1.82, 2.24) is 15.1 Å². The molecule has 0 saturated carbocycles. The molecule has 9 nitrogen and oxygen atoms in total. The molecule has 3 heterocycles. The third-order valence-corrected chi connectivity index (χ3v) is 8.10. The van der Waals surface area contributed by atoms with Crippen molar-refractivity contribution < 1.29 is 23.8 Å². The van der Waals surface area contributed by atoms with Crippen LogP contribution in [-0.2, 0) is 21.4 Å². The number of hydrogen-bond donors (Lipinski definition) is 1. The minimum atomic E-state index is -0.289. The lowest BCUT2D eigenvalue weighted by Gasteiger charge is -2.23. The molecular formula is C28H32N4O5S. The van der Waals surface area contributed by atoms with Crippen molar-refractivity contribution in [2.24, 2.45) is 7.05 Å². The van der Waals surface area contributed by atoms with E-state index in [-0.39, 0.29) is 35.5 Å². The van der Waals surface area contributed by atoms with Crippen LogP contribution >= 0.6 is 11.8 Å². The lowest BCUT2D eigenvalue weighted by Crippen LogP contribution is -2.44. The van der Waals surface area contributed by atoms with Gasteiger partial charge in [-0.15, -0.1) is 11.8 Å². The number of nitrogens with zero attached hydrogens (tertiary/aromatic N) is 3. The van der Waals surface area contributed by atoms with E-state index in [1.807, 2.05) is 55.6 Å². The maximum Gasteiger partial charge on any atom is 0.240 e. The Morgan fingerprint density at radius 3 is 2.71 bits per heavy atom. The predicted octanol–water partition coefficient (Wildman–Crippen LogP) is 3.57. The zero-order valence-electron chi connectivity index (χ0n) is 21.8. The fraction of sp³-hybridized carbons (Fsp3) is 0.393. The third kappa shape index (κ3) is 5.23. The van der Waals surface area contributed by atoms with E-state index in [0.29, 0.717) is 23.9 Å². The molecule has 10 heteroatoms. The minimum Gasteiger partial charge on any atom is -0.497 e.